The number of carbonyl (C=O) groups excluding carboxylic acids is 1. The molecule has 4 aliphatic rings. The Morgan fingerprint density at radius 1 is 1.07 bits per heavy atom. The lowest BCUT2D eigenvalue weighted by molar-refractivity contribution is -0.143. The summed E-state index contributed by atoms with van der Waals surface area (Å²) in [5, 5.41) is 11.4. The number of benzene rings is 2. The number of piperidine rings is 1. The monoisotopic (exact) mass is 626 g/mol. The van der Waals surface area contributed by atoms with Gasteiger partial charge in [0.25, 0.3) is 5.91 Å². The maximum Gasteiger partial charge on any atom is 0.251 e. The Bertz CT molecular complexity index is 1580. The fourth-order valence-electron chi connectivity index (χ4n) is 7.43. The molecule has 2 aromatic carbocycles. The zero-order chi connectivity index (χ0) is 30.8. The summed E-state index contributed by atoms with van der Waals surface area (Å²) in [5.74, 6) is 8.19. The number of nitrogens with zero attached hydrogens (tertiary/aromatic N) is 1. The molecule has 8 heteroatoms. The molecular formula is C37H46N4O3S. The minimum absolute atomic E-state index is 0.135. The SMILES string of the molecule is CNC(=O)c1ccc(NCC#Cc2sc3c(NC4CCC(N5CCC6(CC5)COC6)CC4)cccc3c2CC2CC2)c(OC)c1. The van der Waals surface area contributed by atoms with Gasteiger partial charge in [-0.25, -0.2) is 0 Å². The first-order chi connectivity index (χ1) is 22.0. The van der Waals surface area contributed by atoms with Gasteiger partial charge in [0, 0.05) is 30.1 Å². The zero-order valence-corrected chi connectivity index (χ0v) is 27.5. The van der Waals surface area contributed by atoms with E-state index in [2.05, 4.69) is 50.9 Å². The molecule has 3 N–H and O–H groups in total. The van der Waals surface area contributed by atoms with Gasteiger partial charge in [-0.15, -0.1) is 11.3 Å². The first kappa shape index (κ1) is 30.4. The van der Waals surface area contributed by atoms with Crippen LogP contribution in [0.1, 0.15) is 72.2 Å². The Morgan fingerprint density at radius 2 is 1.87 bits per heavy atom. The number of anilines is 2. The molecule has 2 saturated heterocycles. The van der Waals surface area contributed by atoms with Gasteiger partial charge >= 0.3 is 0 Å². The average molecular weight is 627 g/mol. The second-order valence-electron chi connectivity index (χ2n) is 13.6. The molecule has 0 unspecified atom stereocenters. The third-order valence-corrected chi connectivity index (χ3v) is 11.7. The van der Waals surface area contributed by atoms with E-state index in [-0.39, 0.29) is 5.91 Å². The van der Waals surface area contributed by atoms with Gasteiger partial charge in [-0.3, -0.25) is 4.79 Å². The minimum atomic E-state index is -0.135. The summed E-state index contributed by atoms with van der Waals surface area (Å²) < 4.78 is 12.4. The van der Waals surface area contributed by atoms with Crippen molar-refractivity contribution in [1.29, 1.82) is 0 Å². The summed E-state index contributed by atoms with van der Waals surface area (Å²) in [5.41, 5.74) is 4.60. The van der Waals surface area contributed by atoms with Gasteiger partial charge in [-0.05, 0) is 112 Å². The van der Waals surface area contributed by atoms with E-state index in [1.54, 1.807) is 26.3 Å². The highest BCUT2D eigenvalue weighted by molar-refractivity contribution is 7.20. The van der Waals surface area contributed by atoms with Crippen LogP contribution < -0.4 is 20.7 Å². The largest absolute Gasteiger partial charge is 0.495 e. The molecule has 7 nitrogen and oxygen atoms in total. The van der Waals surface area contributed by atoms with Crippen molar-refractivity contribution in [2.75, 3.05) is 57.6 Å². The summed E-state index contributed by atoms with van der Waals surface area (Å²) in [6, 6.07) is 13.5. The van der Waals surface area contributed by atoms with Crippen LogP contribution in [0.2, 0.25) is 0 Å². The number of likely N-dealkylation sites (tertiary alicyclic amines) is 1. The number of amides is 1. The fraction of sp³-hybridized carbons (Fsp3) is 0.541. The number of hydrogen-bond acceptors (Lipinski definition) is 7. The number of rotatable bonds is 9. The first-order valence-corrected chi connectivity index (χ1v) is 17.6. The molecular weight excluding hydrogens is 580 g/mol. The lowest BCUT2D eigenvalue weighted by atomic mass is 9.76. The van der Waals surface area contributed by atoms with Crippen LogP contribution in [-0.2, 0) is 11.2 Å². The van der Waals surface area contributed by atoms with Crippen LogP contribution >= 0.6 is 11.3 Å². The van der Waals surface area contributed by atoms with E-state index in [4.69, 9.17) is 9.47 Å². The molecule has 2 aliphatic heterocycles. The van der Waals surface area contributed by atoms with Crippen molar-refractivity contribution in [3.63, 3.8) is 0 Å². The number of nitrogens with one attached hydrogen (secondary N) is 3. The van der Waals surface area contributed by atoms with Crippen molar-refractivity contribution in [3.05, 3.63) is 52.4 Å². The van der Waals surface area contributed by atoms with E-state index in [0.717, 1.165) is 37.3 Å². The highest BCUT2D eigenvalue weighted by Crippen LogP contribution is 2.43. The lowest BCUT2D eigenvalue weighted by Gasteiger charge is -2.49. The second-order valence-corrected chi connectivity index (χ2v) is 14.6. The van der Waals surface area contributed by atoms with Gasteiger partial charge in [0.15, 0.2) is 0 Å². The maximum atomic E-state index is 12.0. The van der Waals surface area contributed by atoms with E-state index >= 15 is 0 Å². The molecule has 3 heterocycles. The molecule has 45 heavy (non-hydrogen) atoms. The molecule has 4 fully saturated rings. The number of fused-ring (bicyclic) bond motifs is 1. The molecule has 1 amide bonds. The summed E-state index contributed by atoms with van der Waals surface area (Å²) in [7, 11) is 3.25. The van der Waals surface area contributed by atoms with Gasteiger partial charge < -0.3 is 30.3 Å². The predicted octanol–water partition coefficient (Wildman–Crippen LogP) is 6.52. The Labute approximate surface area is 271 Å². The molecule has 2 aliphatic carbocycles. The Kier molecular flexibility index (Phi) is 8.94. The molecule has 1 aromatic heterocycles. The molecule has 3 aromatic rings. The smallest absolute Gasteiger partial charge is 0.251 e. The molecule has 238 valence electrons. The van der Waals surface area contributed by atoms with Crippen LogP contribution in [0, 0.1) is 23.2 Å². The van der Waals surface area contributed by atoms with Crippen molar-refractivity contribution in [2.45, 2.75) is 69.9 Å². The Morgan fingerprint density at radius 3 is 2.56 bits per heavy atom. The summed E-state index contributed by atoms with van der Waals surface area (Å²) in [6.07, 6.45) is 11.4. The van der Waals surface area contributed by atoms with Gasteiger partial charge in [-0.2, -0.15) is 0 Å². The summed E-state index contributed by atoms with van der Waals surface area (Å²) in [6.45, 7) is 4.97. The number of methoxy groups -OCH3 is 1. The van der Waals surface area contributed by atoms with Crippen molar-refractivity contribution >= 4 is 38.7 Å². The minimum Gasteiger partial charge on any atom is -0.495 e. The highest BCUT2D eigenvalue weighted by atomic mass is 32.1. The number of carbonyl (C=O) groups is 1. The first-order valence-electron chi connectivity index (χ1n) is 16.8. The topological polar surface area (TPSA) is 74.9 Å². The number of hydrogen-bond donors (Lipinski definition) is 3. The Balaban J connectivity index is 1.01. The van der Waals surface area contributed by atoms with Crippen molar-refractivity contribution in [3.8, 4) is 17.6 Å². The van der Waals surface area contributed by atoms with E-state index in [0.29, 0.717) is 29.3 Å². The van der Waals surface area contributed by atoms with Gasteiger partial charge in [0.05, 0.1) is 47.8 Å². The number of thiophene rings is 1. The van der Waals surface area contributed by atoms with E-state index in [1.807, 2.05) is 17.4 Å². The summed E-state index contributed by atoms with van der Waals surface area (Å²) >= 11 is 1.85. The quantitative estimate of drug-likeness (QED) is 0.235. The van der Waals surface area contributed by atoms with Gasteiger partial charge in [-0.1, -0.05) is 24.0 Å². The van der Waals surface area contributed by atoms with Crippen LogP contribution in [0.5, 0.6) is 5.75 Å². The summed E-state index contributed by atoms with van der Waals surface area (Å²) in [4.78, 5) is 16.0. The van der Waals surface area contributed by atoms with Gasteiger partial charge in [0.2, 0.25) is 0 Å². The molecule has 0 radical (unpaired) electrons. The van der Waals surface area contributed by atoms with Crippen LogP contribution in [-0.4, -0.2) is 69.9 Å². The van der Waals surface area contributed by atoms with E-state index in [9.17, 15) is 4.79 Å². The van der Waals surface area contributed by atoms with Crippen LogP contribution in [0.4, 0.5) is 11.4 Å². The fourth-order valence-corrected chi connectivity index (χ4v) is 8.62. The van der Waals surface area contributed by atoms with Crippen molar-refractivity contribution in [1.82, 2.24) is 10.2 Å². The highest BCUT2D eigenvalue weighted by Gasteiger charge is 2.42. The van der Waals surface area contributed by atoms with Crippen molar-refractivity contribution in [2.24, 2.45) is 11.3 Å². The molecule has 2 saturated carbocycles. The predicted molar refractivity (Wildman–Crippen MR) is 184 cm³/mol. The van der Waals surface area contributed by atoms with Crippen LogP contribution in [0.3, 0.4) is 0 Å². The van der Waals surface area contributed by atoms with Gasteiger partial charge in [0.1, 0.15) is 5.75 Å². The number of ether oxygens (including phenoxy) is 2. The molecule has 7 rings (SSSR count). The second kappa shape index (κ2) is 13.2. The maximum absolute atomic E-state index is 12.0. The van der Waals surface area contributed by atoms with E-state index in [1.165, 1.54) is 90.7 Å². The van der Waals surface area contributed by atoms with Crippen molar-refractivity contribution < 1.29 is 14.3 Å². The molecule has 0 bridgehead atoms. The van der Waals surface area contributed by atoms with E-state index < -0.39 is 0 Å². The zero-order valence-electron chi connectivity index (χ0n) is 26.7. The standard InChI is InChI=1S/C37H46N4O3S/c1-38-36(42)26-10-15-31(33(22-26)43-2)39-18-4-7-34-30(21-25-8-9-25)29-5-3-6-32(35(29)45-34)40-27-11-13-28(14-12-27)41-19-16-37(17-20-41)23-44-24-37/h3,5-6,10,15,22,25,27-28,39-40H,8-9,11-14,16-21,23-24H2,1-2H3,(H,38,42). The van der Waals surface area contributed by atoms with Crippen LogP contribution in [0.15, 0.2) is 36.4 Å². The average Bonchev–Trinajstić information content (AvgIpc) is 3.82. The third kappa shape index (κ3) is 6.67. The van der Waals surface area contributed by atoms with Crippen LogP contribution in [0.25, 0.3) is 10.1 Å². The Hall–Kier alpha value is -3.25. The lowest BCUT2D eigenvalue weighted by Crippen LogP contribution is -2.53. The molecule has 0 atom stereocenters. The normalized spacial score (nSPS) is 22.7. The third-order valence-electron chi connectivity index (χ3n) is 10.5. The molecule has 1 spiro atoms.